The van der Waals surface area contributed by atoms with Crippen molar-refractivity contribution in [3.05, 3.63) is 82.4 Å². The molecule has 38 heavy (non-hydrogen) atoms. The molecule has 3 heterocycles. The Morgan fingerprint density at radius 1 is 1.16 bits per heavy atom. The van der Waals surface area contributed by atoms with Gasteiger partial charge >= 0.3 is 0 Å². The van der Waals surface area contributed by atoms with Gasteiger partial charge in [0.15, 0.2) is 11.5 Å². The summed E-state index contributed by atoms with van der Waals surface area (Å²) in [5.41, 5.74) is 4.88. The number of nitrogens with one attached hydrogen (secondary N) is 1. The number of hydrogen-bond acceptors (Lipinski definition) is 6. The Balaban J connectivity index is 1.51. The van der Waals surface area contributed by atoms with Gasteiger partial charge in [0.1, 0.15) is 5.39 Å². The van der Waals surface area contributed by atoms with E-state index in [4.69, 9.17) is 9.97 Å². The van der Waals surface area contributed by atoms with Crippen molar-refractivity contribution in [1.29, 1.82) is 0 Å². The van der Waals surface area contributed by atoms with Crippen molar-refractivity contribution >= 4 is 22.7 Å². The van der Waals surface area contributed by atoms with Gasteiger partial charge in [-0.15, -0.1) is 6.58 Å². The highest BCUT2D eigenvalue weighted by atomic mass is 16.1. The minimum atomic E-state index is -0.171. The Hall–Kier alpha value is -3.78. The van der Waals surface area contributed by atoms with Gasteiger partial charge in [-0.1, -0.05) is 39.0 Å². The molecule has 8 nitrogen and oxygen atoms in total. The fraction of sp³-hybridized carbons (Fsp3) is 0.400. The third-order valence-electron chi connectivity index (χ3n) is 7.11. The van der Waals surface area contributed by atoms with Gasteiger partial charge in [0.25, 0.3) is 5.56 Å². The normalized spacial score (nSPS) is 15.6. The fourth-order valence-electron chi connectivity index (χ4n) is 5.28. The van der Waals surface area contributed by atoms with Gasteiger partial charge in [-0.25, -0.2) is 19.3 Å². The molecule has 0 saturated carbocycles. The number of pyridine rings is 1. The van der Waals surface area contributed by atoms with Crippen LogP contribution >= 0.6 is 0 Å². The predicted octanol–water partition coefficient (Wildman–Crippen LogP) is 4.87. The first kappa shape index (κ1) is 25.9. The molecule has 0 saturated heterocycles. The SMILES string of the molecule is C=CCn1c(=O)c2cnc(Nc3ccc4c(c3)CCC(CN(C)C)C4)nc2n1-c1cccc(C(C)(C)C)n1. The van der Waals surface area contributed by atoms with Crippen molar-refractivity contribution in [2.24, 2.45) is 5.92 Å². The molecule has 8 heteroatoms. The van der Waals surface area contributed by atoms with Crippen LogP contribution < -0.4 is 10.9 Å². The number of benzene rings is 1. The summed E-state index contributed by atoms with van der Waals surface area (Å²) >= 11 is 0. The molecule has 1 N–H and O–H groups in total. The summed E-state index contributed by atoms with van der Waals surface area (Å²) in [6.45, 7) is 11.7. The zero-order valence-corrected chi connectivity index (χ0v) is 23.0. The highest BCUT2D eigenvalue weighted by Crippen LogP contribution is 2.29. The van der Waals surface area contributed by atoms with E-state index in [2.05, 4.69) is 74.8 Å². The van der Waals surface area contributed by atoms with Crippen LogP contribution in [0.2, 0.25) is 0 Å². The smallest absolute Gasteiger partial charge is 0.278 e. The van der Waals surface area contributed by atoms with Crippen LogP contribution in [0.5, 0.6) is 0 Å². The van der Waals surface area contributed by atoms with Crippen LogP contribution in [0.4, 0.5) is 11.6 Å². The fourth-order valence-corrected chi connectivity index (χ4v) is 5.28. The molecule has 1 unspecified atom stereocenters. The zero-order chi connectivity index (χ0) is 27.0. The van der Waals surface area contributed by atoms with Gasteiger partial charge in [0.05, 0.1) is 6.54 Å². The minimum absolute atomic E-state index is 0.136. The average molecular weight is 512 g/mol. The van der Waals surface area contributed by atoms with Crippen molar-refractivity contribution in [2.45, 2.75) is 52.0 Å². The molecule has 198 valence electrons. The Morgan fingerprint density at radius 3 is 2.71 bits per heavy atom. The molecule has 0 radical (unpaired) electrons. The molecule has 1 atom stereocenters. The van der Waals surface area contributed by atoms with Crippen LogP contribution in [0.15, 0.2) is 60.0 Å². The molecule has 0 fully saturated rings. The van der Waals surface area contributed by atoms with E-state index in [0.29, 0.717) is 35.3 Å². The van der Waals surface area contributed by atoms with Crippen molar-refractivity contribution in [1.82, 2.24) is 29.2 Å². The molecule has 3 aromatic heterocycles. The first-order valence-corrected chi connectivity index (χ1v) is 13.2. The van der Waals surface area contributed by atoms with Crippen LogP contribution in [0.25, 0.3) is 16.9 Å². The average Bonchev–Trinajstić information content (AvgIpc) is 3.14. The van der Waals surface area contributed by atoms with Crippen LogP contribution in [-0.4, -0.2) is 49.9 Å². The lowest BCUT2D eigenvalue weighted by atomic mass is 9.83. The molecule has 5 rings (SSSR count). The Labute approximate surface area is 224 Å². The lowest BCUT2D eigenvalue weighted by Gasteiger charge is -2.27. The maximum absolute atomic E-state index is 13.3. The molecular formula is C30H37N7O. The summed E-state index contributed by atoms with van der Waals surface area (Å²) in [5, 5.41) is 3.81. The summed E-state index contributed by atoms with van der Waals surface area (Å²) in [5.74, 6) is 1.77. The second-order valence-corrected chi connectivity index (χ2v) is 11.5. The van der Waals surface area contributed by atoms with Crippen LogP contribution in [0, 0.1) is 5.92 Å². The number of nitrogens with zero attached hydrogens (tertiary/aromatic N) is 6. The van der Waals surface area contributed by atoms with Crippen molar-refractivity contribution in [2.75, 3.05) is 26.0 Å². The van der Waals surface area contributed by atoms with Crippen molar-refractivity contribution in [3.63, 3.8) is 0 Å². The molecular weight excluding hydrogens is 474 g/mol. The standard InChI is InChI=1S/C30H37N7O/c1-7-15-36-28(38)24-18-31-29(34-27(24)37(36)26-10-8-9-25(33-26)30(2,3)4)32-23-14-13-21-16-20(19-35(5)6)11-12-22(21)17-23/h7-10,13-14,17-18,20H,1,11-12,15-16,19H2,2-6H3,(H,31,32,34). The summed E-state index contributed by atoms with van der Waals surface area (Å²) in [4.78, 5) is 29.7. The van der Waals surface area contributed by atoms with Gasteiger partial charge in [-0.2, -0.15) is 4.98 Å². The maximum atomic E-state index is 13.3. The summed E-state index contributed by atoms with van der Waals surface area (Å²) in [6.07, 6.45) is 6.68. The Kier molecular flexibility index (Phi) is 6.92. The number of hydrogen-bond donors (Lipinski definition) is 1. The van der Waals surface area contributed by atoms with E-state index in [-0.39, 0.29) is 11.0 Å². The molecule has 0 aliphatic heterocycles. The quantitative estimate of drug-likeness (QED) is 0.357. The number of allylic oxidation sites excluding steroid dienone is 1. The molecule has 0 spiro atoms. The lowest BCUT2D eigenvalue weighted by molar-refractivity contribution is 0.303. The highest BCUT2D eigenvalue weighted by Gasteiger charge is 2.22. The van der Waals surface area contributed by atoms with E-state index in [1.165, 1.54) is 17.5 Å². The number of rotatable bonds is 7. The topological polar surface area (TPSA) is 80.9 Å². The van der Waals surface area contributed by atoms with E-state index in [1.54, 1.807) is 21.6 Å². The van der Waals surface area contributed by atoms with Gasteiger partial charge in [0.2, 0.25) is 5.95 Å². The predicted molar refractivity (Wildman–Crippen MR) is 154 cm³/mol. The first-order valence-electron chi connectivity index (χ1n) is 13.2. The van der Waals surface area contributed by atoms with Gasteiger partial charge in [0, 0.05) is 29.5 Å². The summed E-state index contributed by atoms with van der Waals surface area (Å²) in [6, 6.07) is 12.4. The number of anilines is 2. The van der Waals surface area contributed by atoms with Crippen molar-refractivity contribution in [3.8, 4) is 5.82 Å². The zero-order valence-electron chi connectivity index (χ0n) is 23.0. The summed E-state index contributed by atoms with van der Waals surface area (Å²) in [7, 11) is 4.28. The second-order valence-electron chi connectivity index (χ2n) is 11.5. The van der Waals surface area contributed by atoms with Gasteiger partial charge in [-0.3, -0.25) is 4.79 Å². The van der Waals surface area contributed by atoms with Crippen LogP contribution in [-0.2, 0) is 24.8 Å². The number of fused-ring (bicyclic) bond motifs is 2. The summed E-state index contributed by atoms with van der Waals surface area (Å²) < 4.78 is 3.38. The molecule has 1 aromatic carbocycles. The molecule has 0 amide bonds. The molecule has 0 bridgehead atoms. The largest absolute Gasteiger partial charge is 0.324 e. The van der Waals surface area contributed by atoms with E-state index in [9.17, 15) is 4.79 Å². The minimum Gasteiger partial charge on any atom is -0.324 e. The lowest BCUT2D eigenvalue weighted by Crippen LogP contribution is -2.26. The molecule has 1 aliphatic rings. The Bertz CT molecular complexity index is 1540. The number of aryl methyl sites for hydroxylation is 1. The molecule has 4 aromatic rings. The van der Waals surface area contributed by atoms with Gasteiger partial charge in [-0.05, 0) is 74.7 Å². The van der Waals surface area contributed by atoms with Crippen molar-refractivity contribution < 1.29 is 0 Å². The van der Waals surface area contributed by atoms with Crippen LogP contribution in [0.1, 0.15) is 44.0 Å². The first-order chi connectivity index (χ1) is 18.1. The van der Waals surface area contributed by atoms with Gasteiger partial charge < -0.3 is 10.2 Å². The van der Waals surface area contributed by atoms with E-state index in [1.807, 2.05) is 18.2 Å². The van der Waals surface area contributed by atoms with E-state index >= 15 is 0 Å². The van der Waals surface area contributed by atoms with E-state index < -0.39 is 0 Å². The Morgan fingerprint density at radius 2 is 1.97 bits per heavy atom. The second kappa shape index (κ2) is 10.2. The molecule has 1 aliphatic carbocycles. The third-order valence-corrected chi connectivity index (χ3v) is 7.11. The van der Waals surface area contributed by atoms with Crippen LogP contribution in [0.3, 0.4) is 0 Å². The maximum Gasteiger partial charge on any atom is 0.278 e. The van der Waals surface area contributed by atoms with E-state index in [0.717, 1.165) is 30.8 Å². The highest BCUT2D eigenvalue weighted by molar-refractivity contribution is 5.77. The number of aromatic nitrogens is 5. The third kappa shape index (κ3) is 5.13. The monoisotopic (exact) mass is 511 g/mol.